The summed E-state index contributed by atoms with van der Waals surface area (Å²) in [5.41, 5.74) is 2.46. The van der Waals surface area contributed by atoms with Gasteiger partial charge in [-0.15, -0.1) is 0 Å². The van der Waals surface area contributed by atoms with Gasteiger partial charge in [0.2, 0.25) is 0 Å². The molecule has 0 unspecified atom stereocenters. The van der Waals surface area contributed by atoms with Crippen LogP contribution in [0.1, 0.15) is 11.1 Å². The molecule has 0 heterocycles. The molecule has 3 aromatic rings. The molecule has 104 valence electrons. The van der Waals surface area contributed by atoms with Gasteiger partial charge in [0.15, 0.2) is 0 Å². The first-order chi connectivity index (χ1) is 10.4. The Morgan fingerprint density at radius 3 is 2.43 bits per heavy atom. The summed E-state index contributed by atoms with van der Waals surface area (Å²) in [4.78, 5) is 0. The molecule has 0 saturated heterocycles. The highest BCUT2D eigenvalue weighted by Gasteiger charge is 2.06. The largest absolute Gasteiger partial charge is 0.496 e. The van der Waals surface area contributed by atoms with Crippen LogP contribution in [0.25, 0.3) is 16.8 Å². The van der Waals surface area contributed by atoms with Gasteiger partial charge in [0.1, 0.15) is 5.75 Å². The van der Waals surface area contributed by atoms with Crippen LogP contribution in [0.4, 0.5) is 0 Å². The lowest BCUT2D eigenvalue weighted by Gasteiger charge is -2.10. The molecule has 0 saturated carbocycles. The van der Waals surface area contributed by atoms with Gasteiger partial charge in [-0.2, -0.15) is 0 Å². The highest BCUT2D eigenvalue weighted by Crippen LogP contribution is 2.28. The molecular formula is C20H18O. The zero-order valence-corrected chi connectivity index (χ0v) is 12.1. The van der Waals surface area contributed by atoms with Crippen LogP contribution in [0.2, 0.25) is 0 Å². The molecule has 0 aliphatic rings. The third-order valence-electron chi connectivity index (χ3n) is 3.65. The third kappa shape index (κ3) is 2.97. The predicted molar refractivity (Wildman–Crippen MR) is 89.7 cm³/mol. The van der Waals surface area contributed by atoms with Crippen molar-refractivity contribution < 1.29 is 4.74 Å². The van der Waals surface area contributed by atoms with Crippen LogP contribution < -0.4 is 4.74 Å². The van der Waals surface area contributed by atoms with Gasteiger partial charge in [0.05, 0.1) is 7.11 Å². The minimum absolute atomic E-state index is 0.861. The summed E-state index contributed by atoms with van der Waals surface area (Å²) in [5, 5.41) is 2.51. The Morgan fingerprint density at radius 2 is 1.62 bits per heavy atom. The normalized spacial score (nSPS) is 11.1. The van der Waals surface area contributed by atoms with Crippen molar-refractivity contribution in [2.75, 3.05) is 7.11 Å². The number of hydrogen-bond acceptors (Lipinski definition) is 1. The second-order valence-electron chi connectivity index (χ2n) is 4.98. The summed E-state index contributed by atoms with van der Waals surface area (Å²) in [5.74, 6) is 0.950. The number of ether oxygens (including phenoxy) is 1. The van der Waals surface area contributed by atoms with Crippen molar-refractivity contribution in [3.63, 3.8) is 0 Å². The molecular weight excluding hydrogens is 256 g/mol. The Kier molecular flexibility index (Phi) is 4.02. The van der Waals surface area contributed by atoms with E-state index in [1.807, 2.05) is 12.1 Å². The maximum absolute atomic E-state index is 5.52. The summed E-state index contributed by atoms with van der Waals surface area (Å²) in [7, 11) is 1.73. The van der Waals surface area contributed by atoms with Crippen molar-refractivity contribution >= 4 is 16.8 Å². The second-order valence-corrected chi connectivity index (χ2v) is 4.98. The van der Waals surface area contributed by atoms with Gasteiger partial charge >= 0.3 is 0 Å². The van der Waals surface area contributed by atoms with E-state index in [1.54, 1.807) is 7.11 Å². The van der Waals surface area contributed by atoms with E-state index in [-0.39, 0.29) is 0 Å². The van der Waals surface area contributed by atoms with Gasteiger partial charge < -0.3 is 4.74 Å². The molecule has 1 nitrogen and oxygen atoms in total. The van der Waals surface area contributed by atoms with E-state index >= 15 is 0 Å². The summed E-state index contributed by atoms with van der Waals surface area (Å²) in [6.07, 6.45) is 5.21. The number of methoxy groups -OCH3 is 1. The first-order valence-electron chi connectivity index (χ1n) is 7.14. The van der Waals surface area contributed by atoms with Crippen molar-refractivity contribution in [1.82, 2.24) is 0 Å². The van der Waals surface area contributed by atoms with Gasteiger partial charge in [0, 0.05) is 5.56 Å². The van der Waals surface area contributed by atoms with Gasteiger partial charge in [-0.3, -0.25) is 0 Å². The average Bonchev–Trinajstić information content (AvgIpc) is 2.56. The summed E-state index contributed by atoms with van der Waals surface area (Å²) >= 11 is 0. The number of allylic oxidation sites excluding steroid dienone is 1. The van der Waals surface area contributed by atoms with Gasteiger partial charge in [-0.1, -0.05) is 72.8 Å². The Hall–Kier alpha value is -2.54. The first kappa shape index (κ1) is 13.4. The fraction of sp³-hybridized carbons (Fsp3) is 0.100. The topological polar surface area (TPSA) is 9.23 Å². The molecule has 1 heteroatoms. The van der Waals surface area contributed by atoms with E-state index in [9.17, 15) is 0 Å². The first-order valence-corrected chi connectivity index (χ1v) is 7.14. The van der Waals surface area contributed by atoms with Crippen molar-refractivity contribution in [2.24, 2.45) is 0 Å². The Balaban J connectivity index is 1.94. The molecule has 0 N–H and O–H groups in total. The minimum atomic E-state index is 0.861. The highest BCUT2D eigenvalue weighted by molar-refractivity contribution is 5.88. The Labute approximate surface area is 125 Å². The predicted octanol–water partition coefficient (Wildman–Crippen LogP) is 5.10. The van der Waals surface area contributed by atoms with E-state index in [0.717, 1.165) is 12.2 Å². The van der Waals surface area contributed by atoms with E-state index in [1.165, 1.54) is 21.9 Å². The van der Waals surface area contributed by atoms with E-state index in [4.69, 9.17) is 4.74 Å². The van der Waals surface area contributed by atoms with E-state index < -0.39 is 0 Å². The maximum Gasteiger partial charge on any atom is 0.123 e. The van der Waals surface area contributed by atoms with Crippen molar-refractivity contribution in [1.29, 1.82) is 0 Å². The zero-order chi connectivity index (χ0) is 14.5. The van der Waals surface area contributed by atoms with Crippen molar-refractivity contribution in [3.05, 3.63) is 83.9 Å². The number of hydrogen-bond donors (Lipinski definition) is 0. The Morgan fingerprint density at radius 1 is 0.857 bits per heavy atom. The summed E-state index contributed by atoms with van der Waals surface area (Å²) < 4.78 is 5.52. The third-order valence-corrected chi connectivity index (χ3v) is 3.65. The number of rotatable bonds is 4. The number of fused-ring (bicyclic) bond motifs is 1. The quantitative estimate of drug-likeness (QED) is 0.643. The molecule has 0 bridgehead atoms. The van der Waals surface area contributed by atoms with Crippen molar-refractivity contribution in [3.8, 4) is 5.75 Å². The lowest BCUT2D eigenvalue weighted by Crippen LogP contribution is -1.92. The van der Waals surface area contributed by atoms with Gasteiger partial charge in [0.25, 0.3) is 0 Å². The molecule has 3 aromatic carbocycles. The van der Waals surface area contributed by atoms with Gasteiger partial charge in [-0.05, 0) is 28.8 Å². The van der Waals surface area contributed by atoms with Crippen LogP contribution in [0.15, 0.2) is 72.8 Å². The second kappa shape index (κ2) is 6.27. The molecule has 0 aliphatic carbocycles. The minimum Gasteiger partial charge on any atom is -0.496 e. The molecule has 21 heavy (non-hydrogen) atoms. The van der Waals surface area contributed by atoms with E-state index in [2.05, 4.69) is 66.7 Å². The molecule has 0 aliphatic heterocycles. The molecule has 0 aromatic heterocycles. The molecule has 3 rings (SSSR count). The SMILES string of the molecule is COc1ccc2ccccc2c1C/C=C/c1ccccc1. The van der Waals surface area contributed by atoms with Gasteiger partial charge in [-0.25, -0.2) is 0 Å². The maximum atomic E-state index is 5.52. The summed E-state index contributed by atoms with van der Waals surface area (Å²) in [6, 6.07) is 23.0. The molecule has 0 fully saturated rings. The Bertz CT molecular complexity index is 757. The van der Waals surface area contributed by atoms with Crippen LogP contribution >= 0.6 is 0 Å². The lowest BCUT2D eigenvalue weighted by atomic mass is 10.0. The van der Waals surface area contributed by atoms with Crippen LogP contribution in [-0.2, 0) is 6.42 Å². The average molecular weight is 274 g/mol. The fourth-order valence-electron chi connectivity index (χ4n) is 2.59. The zero-order valence-electron chi connectivity index (χ0n) is 12.1. The van der Waals surface area contributed by atoms with Crippen LogP contribution in [0.3, 0.4) is 0 Å². The molecule has 0 radical (unpaired) electrons. The van der Waals surface area contributed by atoms with Crippen LogP contribution in [-0.4, -0.2) is 7.11 Å². The van der Waals surface area contributed by atoms with Crippen LogP contribution in [0.5, 0.6) is 5.75 Å². The highest BCUT2D eigenvalue weighted by atomic mass is 16.5. The fourth-order valence-corrected chi connectivity index (χ4v) is 2.59. The summed E-state index contributed by atoms with van der Waals surface area (Å²) in [6.45, 7) is 0. The molecule has 0 amide bonds. The molecule has 0 spiro atoms. The van der Waals surface area contributed by atoms with E-state index in [0.29, 0.717) is 0 Å². The molecule has 0 atom stereocenters. The standard InChI is InChI=1S/C20H18O/c1-21-20-15-14-17-11-5-6-12-18(17)19(20)13-7-10-16-8-3-2-4-9-16/h2-12,14-15H,13H2,1H3/b10-7+. The smallest absolute Gasteiger partial charge is 0.123 e. The van der Waals surface area contributed by atoms with Crippen LogP contribution in [0, 0.1) is 0 Å². The number of benzene rings is 3. The monoisotopic (exact) mass is 274 g/mol. The lowest BCUT2D eigenvalue weighted by molar-refractivity contribution is 0.411. The van der Waals surface area contributed by atoms with Crippen molar-refractivity contribution in [2.45, 2.75) is 6.42 Å².